The van der Waals surface area contributed by atoms with Gasteiger partial charge >= 0.3 is 0 Å². The summed E-state index contributed by atoms with van der Waals surface area (Å²) in [5.74, 6) is 0.305. The van der Waals surface area contributed by atoms with Crippen molar-refractivity contribution in [2.75, 3.05) is 4.72 Å². The third-order valence-corrected chi connectivity index (χ3v) is 5.86. The highest BCUT2D eigenvalue weighted by Crippen LogP contribution is 2.18. The molecule has 1 heterocycles. The van der Waals surface area contributed by atoms with Crippen molar-refractivity contribution in [3.63, 3.8) is 0 Å². The van der Waals surface area contributed by atoms with Gasteiger partial charge in [-0.15, -0.1) is 0 Å². The molecule has 7 heteroatoms. The van der Waals surface area contributed by atoms with Crippen LogP contribution in [0.3, 0.4) is 0 Å². The minimum Gasteiger partial charge on any atom is -0.263 e. The maximum absolute atomic E-state index is 12.6. The van der Waals surface area contributed by atoms with Gasteiger partial charge in [0.25, 0.3) is 10.0 Å². The molecule has 1 aromatic heterocycles. The summed E-state index contributed by atoms with van der Waals surface area (Å²) in [6, 6.07) is 16.2. The zero-order chi connectivity index (χ0) is 19.4. The zero-order valence-corrected chi connectivity index (χ0v) is 16.9. The monoisotopic (exact) mass is 403 g/mol. The molecule has 3 aromatic rings. The molecule has 0 unspecified atom stereocenters. The van der Waals surface area contributed by atoms with Crippen LogP contribution in [0.25, 0.3) is 0 Å². The second kappa shape index (κ2) is 8.15. The summed E-state index contributed by atoms with van der Waals surface area (Å²) in [5, 5.41) is 5.05. The van der Waals surface area contributed by atoms with Crippen LogP contribution in [0.5, 0.6) is 0 Å². The molecule has 2 aromatic carbocycles. The molecule has 0 aliphatic heterocycles. The molecule has 0 spiro atoms. The number of anilines is 1. The average molecular weight is 404 g/mol. The van der Waals surface area contributed by atoms with Gasteiger partial charge < -0.3 is 0 Å². The van der Waals surface area contributed by atoms with Crippen LogP contribution in [0.4, 0.5) is 5.82 Å². The zero-order valence-electron chi connectivity index (χ0n) is 15.3. The van der Waals surface area contributed by atoms with Gasteiger partial charge in [0.2, 0.25) is 0 Å². The molecule has 0 fully saturated rings. The lowest BCUT2D eigenvalue weighted by Crippen LogP contribution is -2.14. The topological polar surface area (TPSA) is 64.0 Å². The Bertz CT molecular complexity index is 1010. The molecule has 0 bridgehead atoms. The van der Waals surface area contributed by atoms with E-state index in [2.05, 4.69) is 16.7 Å². The van der Waals surface area contributed by atoms with Gasteiger partial charge in [0.1, 0.15) is 0 Å². The standard InChI is InChI=1S/C20H22ClN3O2S/c1-3-4-16-7-11-19(12-8-16)27(25,26)23-20-13-15(2)24(22-20)14-17-5-9-18(21)10-6-17/h5-13H,3-4,14H2,1-2H3,(H,22,23). The minimum atomic E-state index is -3.67. The molecule has 27 heavy (non-hydrogen) atoms. The Morgan fingerprint density at radius 1 is 1.04 bits per heavy atom. The van der Waals surface area contributed by atoms with E-state index < -0.39 is 10.0 Å². The first-order valence-corrected chi connectivity index (χ1v) is 10.6. The van der Waals surface area contributed by atoms with Crippen molar-refractivity contribution in [3.8, 4) is 0 Å². The number of sulfonamides is 1. The third-order valence-electron chi connectivity index (χ3n) is 4.24. The van der Waals surface area contributed by atoms with Crippen LogP contribution in [0, 0.1) is 6.92 Å². The van der Waals surface area contributed by atoms with Crippen molar-refractivity contribution in [2.45, 2.75) is 38.1 Å². The molecular formula is C20H22ClN3O2S. The van der Waals surface area contributed by atoms with E-state index in [1.54, 1.807) is 22.9 Å². The van der Waals surface area contributed by atoms with Gasteiger partial charge in [-0.1, -0.05) is 49.2 Å². The Kier molecular flexibility index (Phi) is 5.87. The molecule has 5 nitrogen and oxygen atoms in total. The molecule has 0 radical (unpaired) electrons. The van der Waals surface area contributed by atoms with E-state index in [1.165, 1.54) is 0 Å². The Morgan fingerprint density at radius 2 is 1.67 bits per heavy atom. The number of hydrogen-bond acceptors (Lipinski definition) is 3. The largest absolute Gasteiger partial charge is 0.263 e. The second-order valence-electron chi connectivity index (χ2n) is 6.45. The summed E-state index contributed by atoms with van der Waals surface area (Å²) in [7, 11) is -3.67. The summed E-state index contributed by atoms with van der Waals surface area (Å²) in [6.45, 7) is 4.52. The fourth-order valence-corrected chi connectivity index (χ4v) is 3.92. The lowest BCUT2D eigenvalue weighted by atomic mass is 10.1. The van der Waals surface area contributed by atoms with Crippen molar-refractivity contribution in [3.05, 3.63) is 76.4 Å². The summed E-state index contributed by atoms with van der Waals surface area (Å²) in [5.41, 5.74) is 3.02. The van der Waals surface area contributed by atoms with Gasteiger partial charge in [0.15, 0.2) is 5.82 Å². The molecule has 3 rings (SSSR count). The van der Waals surface area contributed by atoms with Gasteiger partial charge in [-0.25, -0.2) is 8.42 Å². The van der Waals surface area contributed by atoms with Crippen LogP contribution < -0.4 is 4.72 Å². The first-order chi connectivity index (χ1) is 12.9. The summed E-state index contributed by atoms with van der Waals surface area (Å²) < 4.78 is 29.5. The van der Waals surface area contributed by atoms with E-state index in [9.17, 15) is 8.42 Å². The summed E-state index contributed by atoms with van der Waals surface area (Å²) in [6.07, 6.45) is 1.96. The maximum atomic E-state index is 12.6. The molecule has 0 amide bonds. The minimum absolute atomic E-state index is 0.229. The Morgan fingerprint density at radius 3 is 2.30 bits per heavy atom. The summed E-state index contributed by atoms with van der Waals surface area (Å²) in [4.78, 5) is 0.229. The lowest BCUT2D eigenvalue weighted by molar-refractivity contribution is 0.600. The maximum Gasteiger partial charge on any atom is 0.263 e. The fourth-order valence-electron chi connectivity index (χ4n) is 2.80. The molecular weight excluding hydrogens is 382 g/mol. The molecule has 0 aliphatic carbocycles. The Balaban J connectivity index is 1.76. The number of rotatable bonds is 7. The van der Waals surface area contributed by atoms with E-state index in [-0.39, 0.29) is 4.90 Å². The van der Waals surface area contributed by atoms with Crippen molar-refractivity contribution in [1.82, 2.24) is 9.78 Å². The SMILES string of the molecule is CCCc1ccc(S(=O)(=O)Nc2cc(C)n(Cc3ccc(Cl)cc3)n2)cc1. The first kappa shape index (κ1) is 19.5. The first-order valence-electron chi connectivity index (χ1n) is 8.78. The number of nitrogens with one attached hydrogen (secondary N) is 1. The highest BCUT2D eigenvalue weighted by molar-refractivity contribution is 7.92. The number of benzene rings is 2. The van der Waals surface area contributed by atoms with Gasteiger partial charge in [-0.2, -0.15) is 5.10 Å². The number of aryl methyl sites for hydroxylation is 2. The van der Waals surface area contributed by atoms with Crippen LogP contribution in [0.1, 0.15) is 30.2 Å². The van der Waals surface area contributed by atoms with Gasteiger partial charge in [0, 0.05) is 16.8 Å². The van der Waals surface area contributed by atoms with E-state index >= 15 is 0 Å². The number of hydrogen-bond donors (Lipinski definition) is 1. The van der Waals surface area contributed by atoms with Gasteiger partial charge in [-0.3, -0.25) is 9.40 Å². The van der Waals surface area contributed by atoms with Crippen molar-refractivity contribution < 1.29 is 8.42 Å². The molecule has 1 N–H and O–H groups in total. The van der Waals surface area contributed by atoms with Crippen LogP contribution >= 0.6 is 11.6 Å². The Hall–Kier alpha value is -2.31. The quantitative estimate of drug-likeness (QED) is 0.624. The molecule has 0 saturated heterocycles. The average Bonchev–Trinajstić information content (AvgIpc) is 2.96. The smallest absolute Gasteiger partial charge is 0.263 e. The van der Waals surface area contributed by atoms with Crippen LogP contribution in [0.15, 0.2) is 59.5 Å². The number of nitrogens with zero attached hydrogens (tertiary/aromatic N) is 2. The molecule has 0 saturated carbocycles. The van der Waals surface area contributed by atoms with E-state index in [0.29, 0.717) is 17.4 Å². The fraction of sp³-hybridized carbons (Fsp3) is 0.250. The van der Waals surface area contributed by atoms with Gasteiger partial charge in [0.05, 0.1) is 11.4 Å². The molecule has 0 atom stereocenters. The van der Waals surface area contributed by atoms with E-state index in [1.807, 2.05) is 43.3 Å². The highest BCUT2D eigenvalue weighted by Gasteiger charge is 2.16. The summed E-state index contributed by atoms with van der Waals surface area (Å²) >= 11 is 5.91. The number of aromatic nitrogens is 2. The van der Waals surface area contributed by atoms with Crippen LogP contribution in [0.2, 0.25) is 5.02 Å². The number of halogens is 1. The van der Waals surface area contributed by atoms with Gasteiger partial charge in [-0.05, 0) is 48.7 Å². The molecule has 142 valence electrons. The van der Waals surface area contributed by atoms with Crippen molar-refractivity contribution in [1.29, 1.82) is 0 Å². The van der Waals surface area contributed by atoms with E-state index in [0.717, 1.165) is 29.7 Å². The van der Waals surface area contributed by atoms with E-state index in [4.69, 9.17) is 11.6 Å². The highest BCUT2D eigenvalue weighted by atomic mass is 35.5. The van der Waals surface area contributed by atoms with Crippen molar-refractivity contribution in [2.24, 2.45) is 0 Å². The normalized spacial score (nSPS) is 11.5. The molecule has 0 aliphatic rings. The van der Waals surface area contributed by atoms with Crippen molar-refractivity contribution >= 4 is 27.4 Å². The van der Waals surface area contributed by atoms with Crippen LogP contribution in [-0.2, 0) is 23.0 Å². The van der Waals surface area contributed by atoms with Crippen LogP contribution in [-0.4, -0.2) is 18.2 Å². The third kappa shape index (κ3) is 4.90. The Labute approximate surface area is 165 Å². The second-order valence-corrected chi connectivity index (χ2v) is 8.57. The predicted octanol–water partition coefficient (Wildman–Crippen LogP) is 4.65. The lowest BCUT2D eigenvalue weighted by Gasteiger charge is -2.07. The predicted molar refractivity (Wildman–Crippen MR) is 109 cm³/mol.